The van der Waals surface area contributed by atoms with Crippen LogP contribution in [0.15, 0.2) is 42.5 Å². The van der Waals surface area contributed by atoms with Crippen LogP contribution in [0, 0.1) is 18.8 Å². The molecule has 1 heterocycles. The van der Waals surface area contributed by atoms with Gasteiger partial charge in [-0.05, 0) is 88.3 Å². The molecule has 34 heavy (non-hydrogen) atoms. The molecule has 1 unspecified atom stereocenters. The lowest BCUT2D eigenvalue weighted by molar-refractivity contribution is -0.121. The average Bonchev–Trinajstić information content (AvgIpc) is 3.34. The number of carbonyl (C=O) groups excluding carboxylic acids is 2. The highest BCUT2D eigenvalue weighted by Crippen LogP contribution is 2.22. The van der Waals surface area contributed by atoms with Crippen LogP contribution in [0.2, 0.25) is 0 Å². The minimum Gasteiger partial charge on any atom is -0.558 e. The smallest absolute Gasteiger partial charge is 0.409 e. The summed E-state index contributed by atoms with van der Waals surface area (Å²) in [6, 6.07) is 14.7. The summed E-state index contributed by atoms with van der Waals surface area (Å²) in [4.78, 5) is 23.5. The molecule has 5 nitrogen and oxygen atoms in total. The van der Waals surface area contributed by atoms with Crippen molar-refractivity contribution < 1.29 is 14.2 Å². The molecule has 2 N–H and O–H groups in total. The van der Waals surface area contributed by atoms with Gasteiger partial charge in [0.25, 0.3) is 0 Å². The topological polar surface area (TPSA) is 67.4 Å². The maximum absolute atomic E-state index is 12.2. The molecular formula is C28H38BN2O3. The minimum absolute atomic E-state index is 0.0361. The Morgan fingerprint density at radius 3 is 2.47 bits per heavy atom. The summed E-state index contributed by atoms with van der Waals surface area (Å²) >= 11 is 0. The number of ketones is 2. The van der Waals surface area contributed by atoms with Crippen LogP contribution in [0.5, 0.6) is 5.75 Å². The van der Waals surface area contributed by atoms with Crippen LogP contribution in [0.1, 0.15) is 56.7 Å². The summed E-state index contributed by atoms with van der Waals surface area (Å²) < 4.78 is 5.92. The van der Waals surface area contributed by atoms with Crippen LogP contribution in [0.3, 0.4) is 0 Å². The van der Waals surface area contributed by atoms with Crippen molar-refractivity contribution in [1.82, 2.24) is 10.6 Å². The average molecular weight is 461 g/mol. The van der Waals surface area contributed by atoms with E-state index in [1.54, 1.807) is 21.3 Å². The van der Waals surface area contributed by atoms with Crippen molar-refractivity contribution >= 4 is 24.5 Å². The predicted octanol–water partition coefficient (Wildman–Crippen LogP) is 3.52. The van der Waals surface area contributed by atoms with Crippen molar-refractivity contribution in [2.75, 3.05) is 13.1 Å². The van der Waals surface area contributed by atoms with E-state index in [1.165, 1.54) is 5.56 Å². The summed E-state index contributed by atoms with van der Waals surface area (Å²) in [5.74, 6) is 1.43. The van der Waals surface area contributed by atoms with E-state index in [-0.39, 0.29) is 23.4 Å². The van der Waals surface area contributed by atoms with Gasteiger partial charge < -0.3 is 15.3 Å². The van der Waals surface area contributed by atoms with Crippen LogP contribution in [0.25, 0.3) is 0 Å². The Balaban J connectivity index is 1.47. The Hall–Kier alpha value is -2.44. The van der Waals surface area contributed by atoms with Gasteiger partial charge in [-0.25, -0.2) is 0 Å². The predicted molar refractivity (Wildman–Crippen MR) is 139 cm³/mol. The molecule has 6 heteroatoms. The molecule has 0 aliphatic carbocycles. The molecule has 0 bridgehead atoms. The van der Waals surface area contributed by atoms with E-state index >= 15 is 0 Å². The van der Waals surface area contributed by atoms with Gasteiger partial charge in [-0.3, -0.25) is 9.59 Å². The fraction of sp³-hybridized carbons (Fsp3) is 0.500. The molecular weight excluding hydrogens is 423 g/mol. The van der Waals surface area contributed by atoms with Gasteiger partial charge in [0, 0.05) is 24.4 Å². The molecule has 0 spiro atoms. The second-order valence-electron chi connectivity index (χ2n) is 9.67. The number of hydrogen-bond acceptors (Lipinski definition) is 5. The first-order valence-corrected chi connectivity index (χ1v) is 12.5. The Kier molecular flexibility index (Phi) is 9.91. The lowest BCUT2D eigenvalue weighted by Crippen LogP contribution is -2.36. The molecule has 1 fully saturated rings. The zero-order valence-corrected chi connectivity index (χ0v) is 21.0. The lowest BCUT2D eigenvalue weighted by Gasteiger charge is -2.21. The molecule has 3 atom stereocenters. The summed E-state index contributed by atoms with van der Waals surface area (Å²) in [7, 11) is 1.79. The van der Waals surface area contributed by atoms with Crippen LogP contribution in [-0.2, 0) is 22.6 Å². The van der Waals surface area contributed by atoms with Gasteiger partial charge in [0.15, 0.2) is 0 Å². The van der Waals surface area contributed by atoms with E-state index in [0.29, 0.717) is 6.04 Å². The molecule has 1 saturated heterocycles. The van der Waals surface area contributed by atoms with Gasteiger partial charge in [0.1, 0.15) is 11.6 Å². The molecule has 0 amide bonds. The van der Waals surface area contributed by atoms with Gasteiger partial charge >= 0.3 is 7.48 Å². The quantitative estimate of drug-likeness (QED) is 0.353. The second-order valence-corrected chi connectivity index (χ2v) is 9.67. The lowest BCUT2D eigenvalue weighted by atomic mass is 9.83. The number of hydrogen-bond donors (Lipinski definition) is 2. The molecule has 2 aromatic rings. The maximum atomic E-state index is 12.2. The van der Waals surface area contributed by atoms with Crippen molar-refractivity contribution in [3.8, 4) is 5.75 Å². The van der Waals surface area contributed by atoms with Crippen molar-refractivity contribution in [3.05, 3.63) is 59.2 Å². The molecule has 0 saturated carbocycles. The van der Waals surface area contributed by atoms with Crippen LogP contribution in [-0.4, -0.2) is 38.2 Å². The van der Waals surface area contributed by atoms with Gasteiger partial charge in [0.05, 0.1) is 5.75 Å². The van der Waals surface area contributed by atoms with Gasteiger partial charge in [-0.15, -0.1) is 0 Å². The maximum Gasteiger partial charge on any atom is 0.409 e. The molecule has 2 aromatic carbocycles. The number of carbonyl (C=O) groups is 2. The van der Waals surface area contributed by atoms with Crippen molar-refractivity contribution in [1.29, 1.82) is 0 Å². The Labute approximate surface area is 205 Å². The highest BCUT2D eigenvalue weighted by molar-refractivity contribution is 6.48. The first kappa shape index (κ1) is 26.2. The number of rotatable bonds is 13. The summed E-state index contributed by atoms with van der Waals surface area (Å²) in [5.41, 5.74) is 4.57. The Morgan fingerprint density at radius 2 is 1.85 bits per heavy atom. The standard InChI is InChI=1S/C28H38BN2O3/c1-19(21(3)32)13-15-30-18-24-9-12-27(20(2)16-24)29-34-25-10-7-23(8-11-25)17-26(22(4)33)28-6-5-14-31-28/h7-12,16,19,26,28,30-31H,5-6,13-15,17-18H2,1-4H3/t19-,26-,28?/m0/s1. The largest absolute Gasteiger partial charge is 0.558 e. The SMILES string of the molecule is CC(=O)[C@@H](C)CCNCc1ccc([B]Oc2ccc(C[C@@H](C(C)=O)C3CCCN3)cc2)c(C)c1. The molecule has 3 rings (SSSR count). The molecule has 0 aromatic heterocycles. The highest BCUT2D eigenvalue weighted by atomic mass is 16.4. The molecule has 1 radical (unpaired) electrons. The first-order valence-electron chi connectivity index (χ1n) is 12.5. The number of aryl methyl sites for hydroxylation is 1. The van der Waals surface area contributed by atoms with Crippen LogP contribution < -0.4 is 20.8 Å². The van der Waals surface area contributed by atoms with E-state index in [9.17, 15) is 9.59 Å². The Bertz CT molecular complexity index is 955. The third kappa shape index (κ3) is 7.81. The summed E-state index contributed by atoms with van der Waals surface area (Å²) in [6.45, 7) is 10.0. The van der Waals surface area contributed by atoms with E-state index in [1.807, 2.05) is 19.1 Å². The third-order valence-corrected chi connectivity index (χ3v) is 6.92. The van der Waals surface area contributed by atoms with Gasteiger partial charge in [0.2, 0.25) is 0 Å². The number of benzene rings is 2. The van der Waals surface area contributed by atoms with E-state index < -0.39 is 0 Å². The fourth-order valence-electron chi connectivity index (χ4n) is 4.45. The third-order valence-electron chi connectivity index (χ3n) is 6.92. The fourth-order valence-corrected chi connectivity index (χ4v) is 4.45. The molecule has 181 valence electrons. The van der Waals surface area contributed by atoms with Crippen LogP contribution >= 0.6 is 0 Å². The van der Waals surface area contributed by atoms with Gasteiger partial charge in [-0.1, -0.05) is 42.8 Å². The summed E-state index contributed by atoms with van der Waals surface area (Å²) in [5, 5.41) is 6.89. The first-order chi connectivity index (χ1) is 16.3. The van der Waals surface area contributed by atoms with Gasteiger partial charge in [-0.2, -0.15) is 0 Å². The highest BCUT2D eigenvalue weighted by Gasteiger charge is 2.28. The molecule has 1 aliphatic heterocycles. The number of nitrogens with one attached hydrogen (secondary N) is 2. The second kappa shape index (κ2) is 12.9. The number of Topliss-reactive ketones (excluding diaryl/α,β-unsaturated/α-hetero) is 2. The normalized spacial score (nSPS) is 17.2. The minimum atomic E-state index is 0.0361. The molecule has 1 aliphatic rings. The van der Waals surface area contributed by atoms with E-state index in [2.05, 4.69) is 47.9 Å². The summed E-state index contributed by atoms with van der Waals surface area (Å²) in [6.07, 6.45) is 3.85. The van der Waals surface area contributed by atoms with Crippen molar-refractivity contribution in [2.45, 2.75) is 66.0 Å². The zero-order chi connectivity index (χ0) is 24.5. The van der Waals surface area contributed by atoms with E-state index in [4.69, 9.17) is 4.65 Å². The monoisotopic (exact) mass is 461 g/mol. The zero-order valence-electron chi connectivity index (χ0n) is 21.0. The van der Waals surface area contributed by atoms with Crippen molar-refractivity contribution in [2.24, 2.45) is 11.8 Å². The Morgan fingerprint density at radius 1 is 1.12 bits per heavy atom. The van der Waals surface area contributed by atoms with Crippen molar-refractivity contribution in [3.63, 3.8) is 0 Å². The van der Waals surface area contributed by atoms with E-state index in [0.717, 1.165) is 67.7 Å². The van der Waals surface area contributed by atoms with Crippen LogP contribution in [0.4, 0.5) is 0 Å².